The van der Waals surface area contributed by atoms with Crippen molar-refractivity contribution >= 4 is 43.6 Å². The first-order chi connectivity index (χ1) is 9.60. The molecule has 1 nitrogen and oxygen atoms in total. The molecule has 0 aliphatic heterocycles. The Hall–Kier alpha value is -0.290. The summed E-state index contributed by atoms with van der Waals surface area (Å²) < 4.78 is 2.22. The van der Waals surface area contributed by atoms with E-state index in [1.165, 1.54) is 15.4 Å². The van der Waals surface area contributed by atoms with Crippen LogP contribution >= 0.6 is 43.6 Å². The average molecular weight is 415 g/mol. The van der Waals surface area contributed by atoms with Crippen LogP contribution in [0.3, 0.4) is 0 Å². The van der Waals surface area contributed by atoms with Crippen molar-refractivity contribution < 1.29 is 0 Å². The smallest absolute Gasteiger partial charge is 0.0302 e. The lowest BCUT2D eigenvalue weighted by atomic mass is 10.1. The highest BCUT2D eigenvalue weighted by atomic mass is 79.9. The molecule has 1 N–H and O–H groups in total. The molecular formula is C16H17Br2NS. The fourth-order valence-corrected chi connectivity index (χ4v) is 3.85. The standard InChI is InChI=1S/C16H17Br2NS/c1-3-19-11(2)15-9-6-13(18)10-16(15)20-14-7-4-12(17)5-8-14/h4-11,19H,3H2,1-2H3. The van der Waals surface area contributed by atoms with Gasteiger partial charge in [0.2, 0.25) is 0 Å². The number of benzene rings is 2. The molecule has 2 aromatic carbocycles. The van der Waals surface area contributed by atoms with E-state index in [1.807, 2.05) is 0 Å². The zero-order valence-corrected chi connectivity index (χ0v) is 15.5. The minimum atomic E-state index is 0.353. The Labute approximate surface area is 141 Å². The monoisotopic (exact) mass is 413 g/mol. The zero-order chi connectivity index (χ0) is 14.5. The molecule has 106 valence electrons. The first-order valence-corrected chi connectivity index (χ1v) is 8.96. The van der Waals surface area contributed by atoms with Crippen molar-refractivity contribution in [1.29, 1.82) is 0 Å². The Morgan fingerprint density at radius 1 is 1.05 bits per heavy atom. The lowest BCUT2D eigenvalue weighted by Gasteiger charge is -2.17. The summed E-state index contributed by atoms with van der Waals surface area (Å²) in [5.74, 6) is 0. The molecule has 1 unspecified atom stereocenters. The van der Waals surface area contributed by atoms with Crippen LogP contribution in [0.25, 0.3) is 0 Å². The first kappa shape index (κ1) is 16.1. The Morgan fingerprint density at radius 3 is 2.35 bits per heavy atom. The van der Waals surface area contributed by atoms with Gasteiger partial charge in [0.15, 0.2) is 0 Å². The van der Waals surface area contributed by atoms with E-state index in [-0.39, 0.29) is 0 Å². The third-order valence-electron chi connectivity index (χ3n) is 2.99. The number of halogens is 2. The molecule has 0 aromatic heterocycles. The van der Waals surface area contributed by atoms with E-state index in [2.05, 4.69) is 93.5 Å². The molecule has 0 aliphatic rings. The Morgan fingerprint density at radius 2 is 1.70 bits per heavy atom. The molecule has 4 heteroatoms. The van der Waals surface area contributed by atoms with Crippen LogP contribution < -0.4 is 5.32 Å². The van der Waals surface area contributed by atoms with Crippen LogP contribution in [0.4, 0.5) is 0 Å². The highest BCUT2D eigenvalue weighted by Crippen LogP contribution is 2.35. The van der Waals surface area contributed by atoms with Gasteiger partial charge >= 0.3 is 0 Å². The van der Waals surface area contributed by atoms with E-state index in [4.69, 9.17) is 0 Å². The van der Waals surface area contributed by atoms with Crippen LogP contribution in [0.2, 0.25) is 0 Å². The SMILES string of the molecule is CCNC(C)c1ccc(Br)cc1Sc1ccc(Br)cc1. The molecular weight excluding hydrogens is 398 g/mol. The maximum absolute atomic E-state index is 3.57. The Kier molecular flexibility index (Phi) is 6.15. The van der Waals surface area contributed by atoms with Crippen LogP contribution in [0.15, 0.2) is 61.2 Å². The first-order valence-electron chi connectivity index (χ1n) is 6.56. The molecule has 0 heterocycles. The number of hydrogen-bond donors (Lipinski definition) is 1. The maximum atomic E-state index is 3.57. The Bertz CT molecular complexity index is 569. The van der Waals surface area contributed by atoms with E-state index in [0.717, 1.165) is 15.5 Å². The van der Waals surface area contributed by atoms with Crippen LogP contribution in [0, 0.1) is 0 Å². The van der Waals surface area contributed by atoms with Gasteiger partial charge < -0.3 is 5.32 Å². The van der Waals surface area contributed by atoms with Gasteiger partial charge in [-0.3, -0.25) is 0 Å². The number of nitrogens with one attached hydrogen (secondary N) is 1. The van der Waals surface area contributed by atoms with Gasteiger partial charge in [0.05, 0.1) is 0 Å². The molecule has 0 spiro atoms. The summed E-state index contributed by atoms with van der Waals surface area (Å²) in [5, 5.41) is 3.48. The summed E-state index contributed by atoms with van der Waals surface area (Å²) in [5.41, 5.74) is 1.34. The summed E-state index contributed by atoms with van der Waals surface area (Å²) >= 11 is 8.84. The average Bonchev–Trinajstić information content (AvgIpc) is 2.42. The maximum Gasteiger partial charge on any atom is 0.0302 e. The normalized spacial score (nSPS) is 12.4. The summed E-state index contributed by atoms with van der Waals surface area (Å²) in [6.45, 7) is 5.31. The van der Waals surface area contributed by atoms with Gasteiger partial charge in [0.1, 0.15) is 0 Å². The van der Waals surface area contributed by atoms with Gasteiger partial charge in [-0.25, -0.2) is 0 Å². The summed E-state index contributed by atoms with van der Waals surface area (Å²) in [7, 11) is 0. The molecule has 2 rings (SSSR count). The second-order valence-electron chi connectivity index (χ2n) is 4.52. The predicted molar refractivity (Wildman–Crippen MR) is 94.5 cm³/mol. The summed E-state index contributed by atoms with van der Waals surface area (Å²) in [4.78, 5) is 2.53. The van der Waals surface area contributed by atoms with Gasteiger partial charge in [-0.15, -0.1) is 0 Å². The second kappa shape index (κ2) is 7.64. The van der Waals surface area contributed by atoms with E-state index in [9.17, 15) is 0 Å². The molecule has 0 saturated carbocycles. The quantitative estimate of drug-likeness (QED) is 0.640. The van der Waals surface area contributed by atoms with Crippen molar-refractivity contribution in [1.82, 2.24) is 5.32 Å². The Balaban J connectivity index is 2.29. The number of hydrogen-bond acceptors (Lipinski definition) is 2. The molecule has 0 amide bonds. The van der Waals surface area contributed by atoms with Crippen molar-refractivity contribution in [3.05, 3.63) is 57.0 Å². The van der Waals surface area contributed by atoms with E-state index in [0.29, 0.717) is 6.04 Å². The third-order valence-corrected chi connectivity index (χ3v) is 5.10. The topological polar surface area (TPSA) is 12.0 Å². The van der Waals surface area contributed by atoms with Crippen LogP contribution in [0.5, 0.6) is 0 Å². The lowest BCUT2D eigenvalue weighted by Crippen LogP contribution is -2.18. The predicted octanol–water partition coefficient (Wildman–Crippen LogP) is 6.03. The van der Waals surface area contributed by atoms with Crippen LogP contribution in [-0.2, 0) is 0 Å². The highest BCUT2D eigenvalue weighted by Gasteiger charge is 2.11. The summed E-state index contributed by atoms with van der Waals surface area (Å²) in [6.07, 6.45) is 0. The van der Waals surface area contributed by atoms with Gasteiger partial charge in [-0.1, -0.05) is 56.6 Å². The second-order valence-corrected chi connectivity index (χ2v) is 7.46. The van der Waals surface area contributed by atoms with Crippen molar-refractivity contribution in [3.63, 3.8) is 0 Å². The van der Waals surface area contributed by atoms with Crippen molar-refractivity contribution in [3.8, 4) is 0 Å². The molecule has 0 bridgehead atoms. The van der Waals surface area contributed by atoms with Gasteiger partial charge in [-0.05, 0) is 55.4 Å². The van der Waals surface area contributed by atoms with Crippen LogP contribution in [-0.4, -0.2) is 6.54 Å². The fourth-order valence-electron chi connectivity index (χ4n) is 2.00. The van der Waals surface area contributed by atoms with Gasteiger partial charge in [-0.2, -0.15) is 0 Å². The number of rotatable bonds is 5. The largest absolute Gasteiger partial charge is 0.310 e. The van der Waals surface area contributed by atoms with Crippen molar-refractivity contribution in [2.75, 3.05) is 6.54 Å². The van der Waals surface area contributed by atoms with Gasteiger partial charge in [0.25, 0.3) is 0 Å². The molecule has 1 atom stereocenters. The minimum absolute atomic E-state index is 0.353. The molecule has 0 radical (unpaired) electrons. The molecule has 0 aliphatic carbocycles. The minimum Gasteiger partial charge on any atom is -0.310 e. The fraction of sp³-hybridized carbons (Fsp3) is 0.250. The van der Waals surface area contributed by atoms with Gasteiger partial charge in [0, 0.05) is 24.8 Å². The molecule has 0 fully saturated rings. The lowest BCUT2D eigenvalue weighted by molar-refractivity contribution is 0.589. The summed E-state index contributed by atoms with van der Waals surface area (Å²) in [6, 6.07) is 15.3. The van der Waals surface area contributed by atoms with Crippen molar-refractivity contribution in [2.24, 2.45) is 0 Å². The molecule has 20 heavy (non-hydrogen) atoms. The zero-order valence-electron chi connectivity index (χ0n) is 11.5. The highest BCUT2D eigenvalue weighted by molar-refractivity contribution is 9.10. The van der Waals surface area contributed by atoms with E-state index >= 15 is 0 Å². The molecule has 0 saturated heterocycles. The van der Waals surface area contributed by atoms with E-state index < -0.39 is 0 Å². The molecule has 2 aromatic rings. The third kappa shape index (κ3) is 4.35. The van der Waals surface area contributed by atoms with Crippen molar-refractivity contribution in [2.45, 2.75) is 29.7 Å². The van der Waals surface area contributed by atoms with E-state index in [1.54, 1.807) is 11.8 Å². The van der Waals surface area contributed by atoms with Crippen LogP contribution in [0.1, 0.15) is 25.5 Å².